The molecule has 0 amide bonds. The number of Topliss-reactive ketones (excluding diaryl/α,β-unsaturated/α-hetero) is 2. The lowest BCUT2D eigenvalue weighted by atomic mass is 9.49. The maximum Gasteiger partial charge on any atom is 0.171 e. The first-order valence-corrected chi connectivity index (χ1v) is 35.3. The molecule has 0 aliphatic heterocycles. The Labute approximate surface area is 514 Å². The summed E-state index contributed by atoms with van der Waals surface area (Å²) in [6, 6.07) is 0. The first-order chi connectivity index (χ1) is 40.9. The number of hydrogen-bond acceptors (Lipinski definition) is 12. The molecule has 12 saturated carbocycles. The minimum atomic E-state index is -0.449. The second kappa shape index (κ2) is 23.2. The molecular formula is C71H110N10O5. The highest BCUT2D eigenvalue weighted by molar-refractivity contribution is 5.82. The number of aliphatic hydroxyl groups is 3. The maximum absolute atomic E-state index is 13.2. The van der Waals surface area contributed by atoms with Crippen LogP contribution in [-0.4, -0.2) is 93.9 Å². The minimum Gasteiger partial charge on any atom is -0.390 e. The van der Waals surface area contributed by atoms with Crippen molar-refractivity contribution in [3.8, 4) is 0 Å². The molecule has 0 bridgehead atoms. The molecule has 3 N–H and O–H groups in total. The van der Waals surface area contributed by atoms with Gasteiger partial charge in [-0.2, -0.15) is 19.8 Å². The summed E-state index contributed by atoms with van der Waals surface area (Å²) in [4.78, 5) is 29.5. The van der Waals surface area contributed by atoms with E-state index in [1.54, 1.807) is 17.2 Å². The average Bonchev–Trinajstić information content (AvgIpc) is 1.51. The van der Waals surface area contributed by atoms with Crippen molar-refractivity contribution in [3.05, 3.63) is 42.3 Å². The molecule has 0 unspecified atom stereocenters. The standard InChI is InChI=1S/C24H37N3O2.C24H37N3O.C23H36N4O2/c1-15-13-25-27(26-15)14-22(28)21-7-6-20-19-5-4-16-12-23(2,29)10-8-17(16)18(19)9-11-24(20,21)3;1-16(15-27-13-12-25-26-27)21-6-7-22-20-5-4-17-14-23(2,28)10-8-18(17)19(20)9-11-24(21,22)3;1-14-24-26-27(25-14)13-21(28)20-7-6-19-18-5-4-15-12-22(2,29)10-8-16(15)17(18)9-11-23(19,20)3/h13,16-21,29H,4-12,14H2,1-3H3;12-13,17-22,28H,1,4-11,14-15H2,2-3H3;15-20,29H,4-13H2,1-3H3/t16-,17+,18-,19-,20+,21-,23-,24+;17-,18+,19-,20-,21-,22+,23-,24-;15-,16+,17-,18-,19+,20-,22-,23+/m111/s1. The molecule has 0 spiro atoms. The number of hydrogen-bond donors (Lipinski definition) is 3. The number of carbonyl (C=O) groups is 2. The summed E-state index contributed by atoms with van der Waals surface area (Å²) in [5, 5.41) is 60.6. The van der Waals surface area contributed by atoms with Gasteiger partial charge in [0.2, 0.25) is 0 Å². The average molecular weight is 1180 g/mol. The molecule has 15 heteroatoms. The van der Waals surface area contributed by atoms with Gasteiger partial charge in [-0.25, -0.2) is 4.68 Å². The van der Waals surface area contributed by atoms with Gasteiger partial charge in [-0.1, -0.05) is 38.1 Å². The van der Waals surface area contributed by atoms with Crippen molar-refractivity contribution >= 4 is 11.6 Å². The van der Waals surface area contributed by atoms with Crippen LogP contribution >= 0.6 is 0 Å². The molecule has 15 rings (SSSR count). The number of carbonyl (C=O) groups excluding carboxylic acids is 2. The third-order valence-corrected chi connectivity index (χ3v) is 28.6. The number of fused-ring (bicyclic) bond motifs is 15. The van der Waals surface area contributed by atoms with Crippen molar-refractivity contribution in [1.82, 2.24) is 50.2 Å². The van der Waals surface area contributed by atoms with Crippen LogP contribution < -0.4 is 0 Å². The molecule has 474 valence electrons. The van der Waals surface area contributed by atoms with E-state index in [4.69, 9.17) is 0 Å². The highest BCUT2D eigenvalue weighted by atomic mass is 16.3. The predicted octanol–water partition coefficient (Wildman–Crippen LogP) is 12.6. The van der Waals surface area contributed by atoms with Crippen LogP contribution in [0.15, 0.2) is 30.7 Å². The Bertz CT molecular complexity index is 2780. The maximum atomic E-state index is 13.2. The summed E-state index contributed by atoms with van der Waals surface area (Å²) >= 11 is 0. The fourth-order valence-corrected chi connectivity index (χ4v) is 25.0. The molecule has 12 fully saturated rings. The number of aryl methyl sites for hydroxylation is 2. The zero-order chi connectivity index (χ0) is 60.3. The van der Waals surface area contributed by atoms with E-state index < -0.39 is 16.8 Å². The van der Waals surface area contributed by atoms with E-state index in [0.29, 0.717) is 53.0 Å². The van der Waals surface area contributed by atoms with Gasteiger partial charge >= 0.3 is 0 Å². The van der Waals surface area contributed by atoms with Gasteiger partial charge in [0.1, 0.15) is 13.1 Å². The number of rotatable bonds is 9. The number of aromatic nitrogens is 10. The fraction of sp³-hybridized carbons (Fsp3) is 0.873. The Hall–Kier alpha value is -3.69. The molecule has 3 heterocycles. The van der Waals surface area contributed by atoms with Crippen LogP contribution in [0.5, 0.6) is 0 Å². The third-order valence-electron chi connectivity index (χ3n) is 28.6. The largest absolute Gasteiger partial charge is 0.390 e. The monoisotopic (exact) mass is 1180 g/mol. The smallest absolute Gasteiger partial charge is 0.171 e. The van der Waals surface area contributed by atoms with Gasteiger partial charge in [0.25, 0.3) is 0 Å². The molecule has 15 nitrogen and oxygen atoms in total. The lowest BCUT2D eigenvalue weighted by Crippen LogP contribution is -2.51. The molecule has 86 heavy (non-hydrogen) atoms. The van der Waals surface area contributed by atoms with Gasteiger partial charge in [0.05, 0.1) is 41.4 Å². The summed E-state index contributed by atoms with van der Waals surface area (Å²) in [7, 11) is 0. The molecule has 12 aliphatic carbocycles. The lowest BCUT2D eigenvalue weighted by Gasteiger charge is -2.57. The molecular weight excluding hydrogens is 1070 g/mol. The first-order valence-electron chi connectivity index (χ1n) is 35.3. The second-order valence-electron chi connectivity index (χ2n) is 33.6. The summed E-state index contributed by atoms with van der Waals surface area (Å²) in [5.74, 6) is 14.2. The summed E-state index contributed by atoms with van der Waals surface area (Å²) in [6.45, 7) is 23.2. The normalized spacial score (nSPS) is 47.0. The van der Waals surface area contributed by atoms with Crippen molar-refractivity contribution in [2.75, 3.05) is 0 Å². The van der Waals surface area contributed by atoms with Gasteiger partial charge in [-0.15, -0.1) is 15.3 Å². The van der Waals surface area contributed by atoms with E-state index in [-0.39, 0.29) is 29.2 Å². The SMILES string of the molecule is C=C(Cn1ccnn1)[C@H]1CC[C@H]2[C@@H]3CC[C@@H]4C[C@](C)(O)CC[C@@H]4[C@H]3CC[C@]12C.Cc1cnn(CC(=O)[C@H]2CC[C@H]3[C@@H]4CC[C@@H]5C[C@](C)(O)CC[C@@H]5[C@H]4CC[C@]23C)n1.Cc1nnn(CC(=O)[C@H]2CC[C@H]3[C@@H]4CC[C@@H]5C[C@](C)(O)CC[C@@H]5[C@H]4CC[C@]23C)n1. The Morgan fingerprint density at radius 3 is 1.30 bits per heavy atom. The number of tetrazole rings is 1. The van der Waals surface area contributed by atoms with Crippen molar-refractivity contribution in [3.63, 3.8) is 0 Å². The topological polar surface area (TPSA) is 200 Å². The van der Waals surface area contributed by atoms with Crippen molar-refractivity contribution in [1.29, 1.82) is 0 Å². The zero-order valence-corrected chi connectivity index (χ0v) is 54.2. The zero-order valence-electron chi connectivity index (χ0n) is 54.2. The molecule has 0 aromatic carbocycles. The second-order valence-corrected chi connectivity index (χ2v) is 33.6. The Kier molecular flexibility index (Phi) is 16.5. The fourth-order valence-electron chi connectivity index (χ4n) is 25.0. The lowest BCUT2D eigenvalue weighted by molar-refractivity contribution is -0.133. The van der Waals surface area contributed by atoms with Gasteiger partial charge in [0.15, 0.2) is 17.4 Å². The Morgan fingerprint density at radius 2 is 0.907 bits per heavy atom. The molecule has 0 radical (unpaired) electrons. The van der Waals surface area contributed by atoms with E-state index in [2.05, 4.69) is 70.2 Å². The van der Waals surface area contributed by atoms with Crippen molar-refractivity contribution in [2.45, 2.75) is 265 Å². The van der Waals surface area contributed by atoms with Crippen LogP contribution in [-0.2, 0) is 29.2 Å². The summed E-state index contributed by atoms with van der Waals surface area (Å²) < 4.78 is 1.93. The summed E-state index contributed by atoms with van der Waals surface area (Å²) in [5.41, 5.74) is 1.65. The molecule has 24 atom stereocenters. The number of nitrogens with zero attached hydrogens (tertiary/aromatic N) is 10. The van der Waals surface area contributed by atoms with E-state index in [1.807, 2.05) is 38.6 Å². The third kappa shape index (κ3) is 11.4. The van der Waals surface area contributed by atoms with Gasteiger partial charge < -0.3 is 15.3 Å². The van der Waals surface area contributed by atoms with Gasteiger partial charge in [-0.3, -0.25) is 9.59 Å². The highest BCUT2D eigenvalue weighted by Crippen LogP contribution is 2.68. The molecule has 3 aromatic rings. The first kappa shape index (κ1) is 61.2. The van der Waals surface area contributed by atoms with Crippen LogP contribution in [0.1, 0.15) is 226 Å². The van der Waals surface area contributed by atoms with Crippen LogP contribution in [0.2, 0.25) is 0 Å². The van der Waals surface area contributed by atoms with Crippen molar-refractivity contribution < 1.29 is 24.9 Å². The van der Waals surface area contributed by atoms with Crippen LogP contribution in [0.25, 0.3) is 0 Å². The van der Waals surface area contributed by atoms with Crippen LogP contribution in [0.4, 0.5) is 0 Å². The molecule has 12 aliphatic rings. The van der Waals surface area contributed by atoms with Crippen LogP contribution in [0.3, 0.4) is 0 Å². The Balaban J connectivity index is 0.000000120. The highest BCUT2D eigenvalue weighted by Gasteiger charge is 2.62. The Morgan fingerprint density at radius 1 is 0.488 bits per heavy atom. The minimum absolute atomic E-state index is 0.140. The van der Waals surface area contributed by atoms with E-state index >= 15 is 0 Å². The predicted molar refractivity (Wildman–Crippen MR) is 330 cm³/mol. The number of ketones is 2. The van der Waals surface area contributed by atoms with E-state index in [1.165, 1.54) is 132 Å². The molecule has 0 saturated heterocycles. The summed E-state index contributed by atoms with van der Waals surface area (Å²) in [6.07, 6.45) is 37.8. The van der Waals surface area contributed by atoms with Crippen molar-refractivity contribution in [2.24, 2.45) is 123 Å². The van der Waals surface area contributed by atoms with Gasteiger partial charge in [-0.05, 0) is 324 Å². The number of allylic oxidation sites excluding steroid dienone is 1. The van der Waals surface area contributed by atoms with Gasteiger partial charge in [0, 0.05) is 18.0 Å². The molecule has 3 aromatic heterocycles. The van der Waals surface area contributed by atoms with E-state index in [0.717, 1.165) is 135 Å². The quantitative estimate of drug-likeness (QED) is 0.172. The van der Waals surface area contributed by atoms with Crippen LogP contribution in [0, 0.1) is 137 Å². The van der Waals surface area contributed by atoms with E-state index in [9.17, 15) is 24.9 Å².